The first-order chi connectivity index (χ1) is 12.3. The van der Waals surface area contributed by atoms with Crippen molar-refractivity contribution in [2.75, 3.05) is 7.05 Å². The van der Waals surface area contributed by atoms with Gasteiger partial charge in [0.2, 0.25) is 5.91 Å². The van der Waals surface area contributed by atoms with Gasteiger partial charge in [-0.3, -0.25) is 9.48 Å². The van der Waals surface area contributed by atoms with Gasteiger partial charge in [0, 0.05) is 29.7 Å². The topological polar surface area (TPSA) is 59.8 Å². The number of likely N-dealkylation sites (N-methyl/N-ethyl adjacent to an activating group) is 1. The van der Waals surface area contributed by atoms with Crippen LogP contribution < -0.4 is 5.32 Å². The fourth-order valence-electron chi connectivity index (χ4n) is 3.49. The highest BCUT2D eigenvalue weighted by Gasteiger charge is 2.17. The maximum absolute atomic E-state index is 11.6. The van der Waals surface area contributed by atoms with Crippen molar-refractivity contribution in [3.63, 3.8) is 0 Å². The lowest BCUT2D eigenvalue weighted by atomic mass is 10.0. The Labute approximate surface area is 154 Å². The first-order valence-corrected chi connectivity index (χ1v) is 8.98. The number of pyridine rings is 1. The lowest BCUT2D eigenvalue weighted by Gasteiger charge is -2.11. The van der Waals surface area contributed by atoms with Gasteiger partial charge in [-0.05, 0) is 63.9 Å². The minimum Gasteiger partial charge on any atom is -0.359 e. The molecule has 0 aliphatic rings. The standard InChI is InChI=1S/C21H26N4O/c1-12(2)25-15(5)21(14(4)24-25)19-9-13(3)17-10-16(11-20(26)22-6)7-8-18(17)23-19/h7-10,12H,11H2,1-6H3,(H,22,26). The van der Waals surface area contributed by atoms with E-state index in [2.05, 4.69) is 54.9 Å². The molecule has 136 valence electrons. The molecule has 1 N–H and O–H groups in total. The second kappa shape index (κ2) is 6.90. The highest BCUT2D eigenvalue weighted by Crippen LogP contribution is 2.30. The van der Waals surface area contributed by atoms with Crippen LogP contribution in [0, 0.1) is 20.8 Å². The average Bonchev–Trinajstić information content (AvgIpc) is 2.90. The van der Waals surface area contributed by atoms with Gasteiger partial charge in [-0.15, -0.1) is 0 Å². The van der Waals surface area contributed by atoms with Gasteiger partial charge in [-0.2, -0.15) is 5.10 Å². The zero-order valence-corrected chi connectivity index (χ0v) is 16.3. The Balaban J connectivity index is 2.10. The fourth-order valence-corrected chi connectivity index (χ4v) is 3.49. The van der Waals surface area contributed by atoms with Crippen molar-refractivity contribution in [1.29, 1.82) is 0 Å². The van der Waals surface area contributed by atoms with E-state index in [1.165, 1.54) is 0 Å². The quantitative estimate of drug-likeness (QED) is 0.776. The summed E-state index contributed by atoms with van der Waals surface area (Å²) in [7, 11) is 1.66. The number of nitrogens with zero attached hydrogens (tertiary/aromatic N) is 3. The molecular weight excluding hydrogens is 324 g/mol. The average molecular weight is 350 g/mol. The SMILES string of the molecule is CNC(=O)Cc1ccc2nc(-c3c(C)nn(C(C)C)c3C)cc(C)c2c1. The molecule has 5 heteroatoms. The first-order valence-electron chi connectivity index (χ1n) is 8.98. The normalized spacial score (nSPS) is 11.3. The predicted octanol–water partition coefficient (Wildman–Crippen LogP) is 3.89. The van der Waals surface area contributed by atoms with Crippen molar-refractivity contribution < 1.29 is 4.79 Å². The molecule has 26 heavy (non-hydrogen) atoms. The molecule has 2 aromatic heterocycles. The molecule has 0 unspecified atom stereocenters. The third-order valence-electron chi connectivity index (χ3n) is 4.79. The van der Waals surface area contributed by atoms with Crippen molar-refractivity contribution in [2.45, 2.75) is 47.1 Å². The highest BCUT2D eigenvalue weighted by molar-refractivity contribution is 5.87. The Kier molecular flexibility index (Phi) is 4.81. The van der Waals surface area contributed by atoms with Crippen LogP contribution in [0.4, 0.5) is 0 Å². The van der Waals surface area contributed by atoms with E-state index >= 15 is 0 Å². The third kappa shape index (κ3) is 3.21. The molecule has 5 nitrogen and oxygen atoms in total. The number of carbonyl (C=O) groups excluding carboxylic acids is 1. The smallest absolute Gasteiger partial charge is 0.224 e. The summed E-state index contributed by atoms with van der Waals surface area (Å²) in [6.45, 7) is 10.5. The van der Waals surface area contributed by atoms with E-state index in [-0.39, 0.29) is 5.91 Å². The molecule has 0 saturated heterocycles. The van der Waals surface area contributed by atoms with Gasteiger partial charge in [0.25, 0.3) is 0 Å². The van der Waals surface area contributed by atoms with E-state index in [4.69, 9.17) is 4.98 Å². The molecule has 3 rings (SSSR count). The Bertz CT molecular complexity index is 985. The first kappa shape index (κ1) is 18.1. The number of hydrogen-bond donors (Lipinski definition) is 1. The van der Waals surface area contributed by atoms with Crippen LogP contribution in [0.5, 0.6) is 0 Å². The molecule has 0 bridgehead atoms. The van der Waals surface area contributed by atoms with Crippen molar-refractivity contribution >= 4 is 16.8 Å². The molecule has 0 atom stereocenters. The van der Waals surface area contributed by atoms with E-state index in [9.17, 15) is 4.79 Å². The van der Waals surface area contributed by atoms with Gasteiger partial charge in [0.05, 0.1) is 23.3 Å². The summed E-state index contributed by atoms with van der Waals surface area (Å²) in [5, 5.41) is 8.44. The number of fused-ring (bicyclic) bond motifs is 1. The number of aromatic nitrogens is 3. The molecule has 0 spiro atoms. The molecule has 1 aromatic carbocycles. The Morgan fingerprint density at radius 1 is 1.19 bits per heavy atom. The third-order valence-corrected chi connectivity index (χ3v) is 4.79. The summed E-state index contributed by atoms with van der Waals surface area (Å²) in [6.07, 6.45) is 0.382. The number of benzene rings is 1. The maximum Gasteiger partial charge on any atom is 0.224 e. The molecule has 0 aliphatic heterocycles. The van der Waals surface area contributed by atoms with Crippen LogP contribution in [0.1, 0.15) is 42.4 Å². The highest BCUT2D eigenvalue weighted by atomic mass is 16.1. The summed E-state index contributed by atoms with van der Waals surface area (Å²) in [5.41, 5.74) is 7.29. The molecule has 3 aromatic rings. The second-order valence-corrected chi connectivity index (χ2v) is 7.11. The van der Waals surface area contributed by atoms with Crippen LogP contribution in [0.2, 0.25) is 0 Å². The molecule has 0 radical (unpaired) electrons. The number of hydrogen-bond acceptors (Lipinski definition) is 3. The van der Waals surface area contributed by atoms with E-state index in [0.29, 0.717) is 12.5 Å². The number of rotatable bonds is 4. The monoisotopic (exact) mass is 350 g/mol. The van der Waals surface area contributed by atoms with Crippen molar-refractivity contribution in [2.24, 2.45) is 0 Å². The van der Waals surface area contributed by atoms with Gasteiger partial charge in [0.15, 0.2) is 0 Å². The zero-order chi connectivity index (χ0) is 19.0. The molecule has 0 fully saturated rings. The van der Waals surface area contributed by atoms with Gasteiger partial charge in [0.1, 0.15) is 0 Å². The van der Waals surface area contributed by atoms with E-state index in [1.54, 1.807) is 7.05 Å². The summed E-state index contributed by atoms with van der Waals surface area (Å²) >= 11 is 0. The number of carbonyl (C=O) groups is 1. The summed E-state index contributed by atoms with van der Waals surface area (Å²) in [5.74, 6) is 0.0129. The Morgan fingerprint density at radius 3 is 2.54 bits per heavy atom. The Morgan fingerprint density at radius 2 is 1.92 bits per heavy atom. The van der Waals surface area contributed by atoms with Crippen LogP contribution in [-0.4, -0.2) is 27.7 Å². The zero-order valence-electron chi connectivity index (χ0n) is 16.3. The van der Waals surface area contributed by atoms with Crippen molar-refractivity contribution in [3.05, 3.63) is 46.8 Å². The fraction of sp³-hybridized carbons (Fsp3) is 0.381. The molecule has 2 heterocycles. The van der Waals surface area contributed by atoms with Crippen LogP contribution in [0.25, 0.3) is 22.2 Å². The van der Waals surface area contributed by atoms with E-state index in [1.807, 2.05) is 19.1 Å². The van der Waals surface area contributed by atoms with Gasteiger partial charge in [-0.1, -0.05) is 6.07 Å². The van der Waals surface area contributed by atoms with Gasteiger partial charge >= 0.3 is 0 Å². The van der Waals surface area contributed by atoms with Crippen LogP contribution in [0.3, 0.4) is 0 Å². The largest absolute Gasteiger partial charge is 0.359 e. The lowest BCUT2D eigenvalue weighted by molar-refractivity contribution is -0.119. The van der Waals surface area contributed by atoms with Crippen LogP contribution >= 0.6 is 0 Å². The van der Waals surface area contributed by atoms with E-state index < -0.39 is 0 Å². The summed E-state index contributed by atoms with van der Waals surface area (Å²) in [4.78, 5) is 16.5. The number of nitrogens with one attached hydrogen (secondary N) is 1. The molecule has 0 saturated carbocycles. The minimum absolute atomic E-state index is 0.0129. The molecule has 0 aliphatic carbocycles. The predicted molar refractivity (Wildman–Crippen MR) is 105 cm³/mol. The maximum atomic E-state index is 11.6. The Hall–Kier alpha value is -2.69. The van der Waals surface area contributed by atoms with Crippen molar-refractivity contribution in [1.82, 2.24) is 20.1 Å². The van der Waals surface area contributed by atoms with Crippen LogP contribution in [-0.2, 0) is 11.2 Å². The van der Waals surface area contributed by atoms with E-state index in [0.717, 1.165) is 44.7 Å². The van der Waals surface area contributed by atoms with Gasteiger partial charge < -0.3 is 5.32 Å². The number of aryl methyl sites for hydroxylation is 2. The minimum atomic E-state index is 0.0129. The summed E-state index contributed by atoms with van der Waals surface area (Å²) in [6, 6.07) is 8.48. The summed E-state index contributed by atoms with van der Waals surface area (Å²) < 4.78 is 2.05. The van der Waals surface area contributed by atoms with Gasteiger partial charge in [-0.25, -0.2) is 4.98 Å². The van der Waals surface area contributed by atoms with Crippen LogP contribution in [0.15, 0.2) is 24.3 Å². The molecular formula is C21H26N4O. The second-order valence-electron chi connectivity index (χ2n) is 7.11. The van der Waals surface area contributed by atoms with Crippen molar-refractivity contribution in [3.8, 4) is 11.3 Å². The number of amides is 1. The molecule has 1 amide bonds. The lowest BCUT2D eigenvalue weighted by Crippen LogP contribution is -2.19.